The van der Waals surface area contributed by atoms with E-state index in [1.165, 1.54) is 0 Å². The van der Waals surface area contributed by atoms with E-state index in [-0.39, 0.29) is 11.9 Å². The van der Waals surface area contributed by atoms with Gasteiger partial charge in [-0.2, -0.15) is 0 Å². The number of carbonyl (C=O) groups excluding carboxylic acids is 1. The summed E-state index contributed by atoms with van der Waals surface area (Å²) in [6.07, 6.45) is 0. The quantitative estimate of drug-likeness (QED) is 0.808. The van der Waals surface area contributed by atoms with Gasteiger partial charge in [-0.15, -0.1) is 0 Å². The summed E-state index contributed by atoms with van der Waals surface area (Å²) in [6, 6.07) is 17.6. The summed E-state index contributed by atoms with van der Waals surface area (Å²) in [5, 5.41) is 0. The van der Waals surface area contributed by atoms with Crippen LogP contribution >= 0.6 is 0 Å². The zero-order valence-corrected chi connectivity index (χ0v) is 11.6. The van der Waals surface area contributed by atoms with Crippen molar-refractivity contribution in [3.8, 4) is 0 Å². The first-order valence-corrected chi connectivity index (χ1v) is 6.55. The third kappa shape index (κ3) is 2.84. The maximum Gasteiger partial charge on any atom is 0.258 e. The van der Waals surface area contributed by atoms with E-state index in [0.717, 1.165) is 16.8 Å². The maximum atomic E-state index is 12.7. The van der Waals surface area contributed by atoms with E-state index in [0.29, 0.717) is 0 Å². The van der Waals surface area contributed by atoms with Gasteiger partial charge in [0.05, 0.1) is 0 Å². The van der Waals surface area contributed by atoms with Gasteiger partial charge in [0.25, 0.3) is 5.91 Å². The topological polar surface area (TPSA) is 20.3 Å². The Bertz CT molecular complexity index is 560. The molecule has 2 aromatic carbocycles. The Kier molecular flexibility index (Phi) is 4.00. The number of para-hydroxylation sites is 1. The van der Waals surface area contributed by atoms with E-state index in [1.54, 1.807) is 0 Å². The van der Waals surface area contributed by atoms with Crippen molar-refractivity contribution in [2.45, 2.75) is 26.8 Å². The molecule has 19 heavy (non-hydrogen) atoms. The maximum absolute atomic E-state index is 12.7. The Labute approximate surface area is 114 Å². The molecular weight excluding hydrogens is 234 g/mol. The summed E-state index contributed by atoms with van der Waals surface area (Å²) in [4.78, 5) is 14.6. The van der Waals surface area contributed by atoms with Crippen molar-refractivity contribution in [1.82, 2.24) is 0 Å². The van der Waals surface area contributed by atoms with Crippen LogP contribution in [0.4, 0.5) is 5.69 Å². The molecule has 0 aliphatic carbocycles. The van der Waals surface area contributed by atoms with Gasteiger partial charge in [-0.3, -0.25) is 4.79 Å². The second-order valence-corrected chi connectivity index (χ2v) is 4.92. The molecule has 2 nitrogen and oxygen atoms in total. The van der Waals surface area contributed by atoms with E-state index >= 15 is 0 Å². The van der Waals surface area contributed by atoms with Gasteiger partial charge >= 0.3 is 0 Å². The van der Waals surface area contributed by atoms with Crippen LogP contribution in [0.3, 0.4) is 0 Å². The molecule has 0 fully saturated rings. The lowest BCUT2D eigenvalue weighted by Gasteiger charge is -2.27. The summed E-state index contributed by atoms with van der Waals surface area (Å²) in [7, 11) is 0. The third-order valence-electron chi connectivity index (χ3n) is 3.15. The fourth-order valence-corrected chi connectivity index (χ4v) is 2.18. The predicted molar refractivity (Wildman–Crippen MR) is 79.6 cm³/mol. The molecular formula is C17H19NO. The van der Waals surface area contributed by atoms with E-state index < -0.39 is 0 Å². The van der Waals surface area contributed by atoms with Crippen LogP contribution in [0.1, 0.15) is 29.8 Å². The second kappa shape index (κ2) is 5.70. The van der Waals surface area contributed by atoms with Crippen LogP contribution in [0.25, 0.3) is 0 Å². The Balaban J connectivity index is 2.41. The first-order valence-electron chi connectivity index (χ1n) is 6.55. The minimum absolute atomic E-state index is 0.0549. The molecule has 0 aliphatic rings. The van der Waals surface area contributed by atoms with Gasteiger partial charge in [0.2, 0.25) is 0 Å². The Morgan fingerprint density at radius 3 is 2.11 bits per heavy atom. The normalized spacial score (nSPS) is 10.5. The number of benzene rings is 2. The minimum atomic E-state index is 0.0549. The van der Waals surface area contributed by atoms with E-state index in [2.05, 4.69) is 0 Å². The van der Waals surface area contributed by atoms with Gasteiger partial charge in [0.1, 0.15) is 0 Å². The molecule has 0 N–H and O–H groups in total. The van der Waals surface area contributed by atoms with Crippen LogP contribution in [-0.2, 0) is 0 Å². The van der Waals surface area contributed by atoms with Crippen LogP contribution in [-0.4, -0.2) is 11.9 Å². The second-order valence-electron chi connectivity index (χ2n) is 4.92. The molecule has 0 atom stereocenters. The van der Waals surface area contributed by atoms with Crippen LogP contribution < -0.4 is 4.90 Å². The monoisotopic (exact) mass is 253 g/mol. The molecule has 2 heteroatoms. The van der Waals surface area contributed by atoms with Crippen LogP contribution in [0, 0.1) is 6.92 Å². The zero-order valence-electron chi connectivity index (χ0n) is 11.6. The number of anilines is 1. The number of hydrogen-bond acceptors (Lipinski definition) is 1. The Morgan fingerprint density at radius 2 is 1.53 bits per heavy atom. The van der Waals surface area contributed by atoms with Crippen molar-refractivity contribution < 1.29 is 4.79 Å². The third-order valence-corrected chi connectivity index (χ3v) is 3.15. The Hall–Kier alpha value is -2.09. The van der Waals surface area contributed by atoms with Crippen LogP contribution in [0.2, 0.25) is 0 Å². The number of rotatable bonds is 3. The summed E-state index contributed by atoms with van der Waals surface area (Å²) >= 11 is 0. The molecule has 0 saturated heterocycles. The molecule has 0 saturated carbocycles. The molecule has 0 unspecified atom stereocenters. The van der Waals surface area contributed by atoms with Gasteiger partial charge in [-0.1, -0.05) is 36.4 Å². The Morgan fingerprint density at radius 1 is 0.947 bits per heavy atom. The highest BCUT2D eigenvalue weighted by Gasteiger charge is 2.21. The van der Waals surface area contributed by atoms with Crippen molar-refractivity contribution in [3.05, 3.63) is 65.7 Å². The number of carbonyl (C=O) groups is 1. The van der Waals surface area contributed by atoms with Gasteiger partial charge in [0, 0.05) is 17.3 Å². The molecule has 2 rings (SSSR count). The van der Waals surface area contributed by atoms with E-state index in [9.17, 15) is 4.79 Å². The molecule has 0 bridgehead atoms. The van der Waals surface area contributed by atoms with Crippen molar-refractivity contribution in [1.29, 1.82) is 0 Å². The van der Waals surface area contributed by atoms with Gasteiger partial charge in [0.15, 0.2) is 0 Å². The lowest BCUT2D eigenvalue weighted by molar-refractivity contribution is 0.0979. The smallest absolute Gasteiger partial charge is 0.258 e. The van der Waals surface area contributed by atoms with Crippen molar-refractivity contribution in [3.63, 3.8) is 0 Å². The highest BCUT2D eigenvalue weighted by Crippen LogP contribution is 2.21. The van der Waals surface area contributed by atoms with E-state index in [1.807, 2.05) is 80.3 Å². The SMILES string of the molecule is Cc1ccccc1C(=O)N(c1ccccc1)C(C)C. The summed E-state index contributed by atoms with van der Waals surface area (Å²) in [6.45, 7) is 6.03. The van der Waals surface area contributed by atoms with Gasteiger partial charge < -0.3 is 4.90 Å². The first kappa shape index (κ1) is 13.3. The summed E-state index contributed by atoms with van der Waals surface area (Å²) in [5.41, 5.74) is 2.71. The van der Waals surface area contributed by atoms with Crippen LogP contribution in [0.5, 0.6) is 0 Å². The average Bonchev–Trinajstić information content (AvgIpc) is 2.40. The highest BCUT2D eigenvalue weighted by atomic mass is 16.2. The van der Waals surface area contributed by atoms with Crippen molar-refractivity contribution in [2.24, 2.45) is 0 Å². The molecule has 1 amide bonds. The standard InChI is InChI=1S/C17H19NO/c1-13(2)18(15-10-5-4-6-11-15)17(19)16-12-8-7-9-14(16)3/h4-13H,1-3H3. The van der Waals surface area contributed by atoms with E-state index in [4.69, 9.17) is 0 Å². The molecule has 98 valence electrons. The number of nitrogens with zero attached hydrogens (tertiary/aromatic N) is 1. The zero-order chi connectivity index (χ0) is 13.8. The minimum Gasteiger partial charge on any atom is -0.306 e. The lowest BCUT2D eigenvalue weighted by atomic mass is 10.1. The molecule has 0 radical (unpaired) electrons. The highest BCUT2D eigenvalue weighted by molar-refractivity contribution is 6.07. The molecule has 0 aromatic heterocycles. The lowest BCUT2D eigenvalue weighted by Crippen LogP contribution is -2.37. The summed E-state index contributed by atoms with van der Waals surface area (Å²) < 4.78 is 0. The molecule has 0 spiro atoms. The number of hydrogen-bond donors (Lipinski definition) is 0. The van der Waals surface area contributed by atoms with Gasteiger partial charge in [-0.05, 0) is 44.5 Å². The number of aryl methyl sites for hydroxylation is 1. The fourth-order valence-electron chi connectivity index (χ4n) is 2.18. The van der Waals surface area contributed by atoms with Crippen molar-refractivity contribution >= 4 is 11.6 Å². The molecule has 2 aromatic rings. The molecule has 0 heterocycles. The predicted octanol–water partition coefficient (Wildman–Crippen LogP) is 4.05. The van der Waals surface area contributed by atoms with Crippen LogP contribution in [0.15, 0.2) is 54.6 Å². The molecule has 0 aliphatic heterocycles. The summed E-state index contributed by atoms with van der Waals surface area (Å²) in [5.74, 6) is 0.0549. The first-order chi connectivity index (χ1) is 9.11. The van der Waals surface area contributed by atoms with Crippen molar-refractivity contribution in [2.75, 3.05) is 4.90 Å². The fraction of sp³-hybridized carbons (Fsp3) is 0.235. The average molecular weight is 253 g/mol. The largest absolute Gasteiger partial charge is 0.306 e. The van der Waals surface area contributed by atoms with Gasteiger partial charge in [-0.25, -0.2) is 0 Å². The number of amides is 1.